The van der Waals surface area contributed by atoms with E-state index in [0.29, 0.717) is 17.1 Å². The summed E-state index contributed by atoms with van der Waals surface area (Å²) in [5, 5.41) is 9.01. The quantitative estimate of drug-likeness (QED) is 0.764. The zero-order chi connectivity index (χ0) is 12.0. The topological polar surface area (TPSA) is 42.2 Å². The van der Waals surface area contributed by atoms with Crippen molar-refractivity contribution in [2.24, 2.45) is 0 Å². The summed E-state index contributed by atoms with van der Waals surface area (Å²) >= 11 is 0. The fourth-order valence-corrected chi connectivity index (χ4v) is 1.51. The molecular formula is C13H17NO2. The molecule has 86 valence electrons. The molecule has 1 rings (SSSR count). The van der Waals surface area contributed by atoms with Gasteiger partial charge in [0.2, 0.25) is 0 Å². The summed E-state index contributed by atoms with van der Waals surface area (Å²) in [4.78, 5) is 0. The van der Waals surface area contributed by atoms with Gasteiger partial charge in [-0.2, -0.15) is 5.26 Å². The summed E-state index contributed by atoms with van der Waals surface area (Å²) < 4.78 is 11.0. The van der Waals surface area contributed by atoms with Gasteiger partial charge < -0.3 is 9.47 Å². The molecule has 0 atom stereocenters. The summed E-state index contributed by atoms with van der Waals surface area (Å²) in [5.74, 6) is 1.17. The van der Waals surface area contributed by atoms with Crippen LogP contribution in [0.2, 0.25) is 0 Å². The maximum Gasteiger partial charge on any atom is 0.179 e. The molecule has 0 heterocycles. The minimum Gasteiger partial charge on any atom is -0.493 e. The first-order chi connectivity index (χ1) is 7.76. The van der Waals surface area contributed by atoms with Crippen LogP contribution in [0.25, 0.3) is 0 Å². The first kappa shape index (κ1) is 12.4. The van der Waals surface area contributed by atoms with E-state index in [2.05, 4.69) is 19.9 Å². The van der Waals surface area contributed by atoms with Crippen LogP contribution >= 0.6 is 0 Å². The fraction of sp³-hybridized carbons (Fsp3) is 0.462. The van der Waals surface area contributed by atoms with E-state index in [1.165, 1.54) is 0 Å². The van der Waals surface area contributed by atoms with Gasteiger partial charge in [-0.15, -0.1) is 0 Å². The second-order valence-corrected chi connectivity index (χ2v) is 3.51. The molecule has 3 heteroatoms. The van der Waals surface area contributed by atoms with E-state index in [-0.39, 0.29) is 6.10 Å². The van der Waals surface area contributed by atoms with E-state index in [4.69, 9.17) is 14.7 Å². The molecule has 0 unspecified atom stereocenters. The van der Waals surface area contributed by atoms with Crippen molar-refractivity contribution < 1.29 is 9.47 Å². The number of hydrogen-bond acceptors (Lipinski definition) is 3. The molecule has 1 aromatic rings. The Hall–Kier alpha value is -1.69. The molecule has 0 amide bonds. The molecule has 0 radical (unpaired) electrons. The predicted molar refractivity (Wildman–Crippen MR) is 62.7 cm³/mol. The second-order valence-electron chi connectivity index (χ2n) is 3.51. The number of benzene rings is 1. The maximum absolute atomic E-state index is 9.01. The Morgan fingerprint density at radius 3 is 2.50 bits per heavy atom. The number of methoxy groups -OCH3 is 1. The third-order valence-electron chi connectivity index (χ3n) is 2.51. The minimum atomic E-state index is 0.128. The van der Waals surface area contributed by atoms with E-state index in [1.54, 1.807) is 25.3 Å². The third kappa shape index (κ3) is 2.66. The highest BCUT2D eigenvalue weighted by Gasteiger charge is 2.14. The van der Waals surface area contributed by atoms with Gasteiger partial charge in [-0.1, -0.05) is 19.9 Å². The van der Waals surface area contributed by atoms with E-state index < -0.39 is 0 Å². The van der Waals surface area contributed by atoms with Gasteiger partial charge in [0.05, 0.1) is 18.8 Å². The van der Waals surface area contributed by atoms with E-state index in [0.717, 1.165) is 12.8 Å². The Morgan fingerprint density at radius 1 is 1.31 bits per heavy atom. The second kappa shape index (κ2) is 6.02. The molecule has 16 heavy (non-hydrogen) atoms. The summed E-state index contributed by atoms with van der Waals surface area (Å²) in [6, 6.07) is 7.45. The molecule has 0 aliphatic heterocycles. The molecule has 0 saturated carbocycles. The van der Waals surface area contributed by atoms with Gasteiger partial charge in [-0.25, -0.2) is 0 Å². The van der Waals surface area contributed by atoms with Gasteiger partial charge in [0.25, 0.3) is 0 Å². The molecule has 0 spiro atoms. The van der Waals surface area contributed by atoms with Crippen LogP contribution in [0.5, 0.6) is 11.5 Å². The van der Waals surface area contributed by atoms with Gasteiger partial charge in [-0.3, -0.25) is 0 Å². The van der Waals surface area contributed by atoms with E-state index in [1.807, 2.05) is 0 Å². The van der Waals surface area contributed by atoms with Crippen LogP contribution < -0.4 is 9.47 Å². The molecule has 1 aromatic carbocycles. The van der Waals surface area contributed by atoms with Gasteiger partial charge in [-0.05, 0) is 25.0 Å². The third-order valence-corrected chi connectivity index (χ3v) is 2.51. The van der Waals surface area contributed by atoms with E-state index in [9.17, 15) is 0 Å². The number of hydrogen-bond donors (Lipinski definition) is 0. The van der Waals surface area contributed by atoms with Crippen LogP contribution in [0.1, 0.15) is 32.3 Å². The van der Waals surface area contributed by atoms with Crippen molar-refractivity contribution in [3.05, 3.63) is 23.8 Å². The normalized spacial score (nSPS) is 9.94. The van der Waals surface area contributed by atoms with Gasteiger partial charge in [0, 0.05) is 0 Å². The van der Waals surface area contributed by atoms with Crippen LogP contribution in [0, 0.1) is 11.3 Å². The number of nitrogens with zero attached hydrogens (tertiary/aromatic N) is 1. The van der Waals surface area contributed by atoms with Crippen LogP contribution in [-0.4, -0.2) is 13.2 Å². The number of rotatable bonds is 5. The number of ether oxygens (including phenoxy) is 2. The molecule has 0 aliphatic carbocycles. The number of para-hydroxylation sites is 1. The highest BCUT2D eigenvalue weighted by atomic mass is 16.5. The lowest BCUT2D eigenvalue weighted by molar-refractivity contribution is 0.184. The minimum absolute atomic E-state index is 0.128. The average Bonchev–Trinajstić information content (AvgIpc) is 2.35. The molecule has 0 saturated heterocycles. The summed E-state index contributed by atoms with van der Waals surface area (Å²) in [6.07, 6.45) is 1.96. The molecule has 0 aliphatic rings. The zero-order valence-corrected chi connectivity index (χ0v) is 9.99. The van der Waals surface area contributed by atoms with Crippen molar-refractivity contribution in [2.45, 2.75) is 32.8 Å². The Balaban J connectivity index is 3.04. The van der Waals surface area contributed by atoms with Crippen molar-refractivity contribution in [3.63, 3.8) is 0 Å². The zero-order valence-electron chi connectivity index (χ0n) is 9.99. The Kier molecular flexibility index (Phi) is 4.65. The molecule has 0 N–H and O–H groups in total. The van der Waals surface area contributed by atoms with Crippen molar-refractivity contribution >= 4 is 0 Å². The Labute approximate surface area is 96.6 Å². The number of nitriles is 1. The molecule has 0 fully saturated rings. The predicted octanol–water partition coefficient (Wildman–Crippen LogP) is 3.13. The van der Waals surface area contributed by atoms with Crippen LogP contribution in [0.15, 0.2) is 18.2 Å². The van der Waals surface area contributed by atoms with Gasteiger partial charge in [0.1, 0.15) is 6.07 Å². The van der Waals surface area contributed by atoms with Crippen LogP contribution in [0.4, 0.5) is 0 Å². The first-order valence-electron chi connectivity index (χ1n) is 5.50. The lowest BCUT2D eigenvalue weighted by atomic mass is 10.2. The van der Waals surface area contributed by atoms with Crippen molar-refractivity contribution in [1.29, 1.82) is 5.26 Å². The largest absolute Gasteiger partial charge is 0.493 e. The monoisotopic (exact) mass is 219 g/mol. The standard InChI is InChI=1S/C13H17NO2/c1-4-11(5-2)16-13-10(9-14)7-6-8-12(13)15-3/h6-8,11H,4-5H2,1-3H3. The summed E-state index contributed by atoms with van der Waals surface area (Å²) in [5.41, 5.74) is 0.520. The van der Waals surface area contributed by atoms with Gasteiger partial charge in [0.15, 0.2) is 11.5 Å². The van der Waals surface area contributed by atoms with E-state index >= 15 is 0 Å². The lowest BCUT2D eigenvalue weighted by Crippen LogP contribution is -2.15. The maximum atomic E-state index is 9.01. The van der Waals surface area contributed by atoms with Crippen molar-refractivity contribution in [1.82, 2.24) is 0 Å². The van der Waals surface area contributed by atoms with Crippen LogP contribution in [0.3, 0.4) is 0 Å². The fourth-order valence-electron chi connectivity index (χ4n) is 1.51. The average molecular weight is 219 g/mol. The lowest BCUT2D eigenvalue weighted by Gasteiger charge is -2.18. The highest BCUT2D eigenvalue weighted by Crippen LogP contribution is 2.32. The molecule has 0 aromatic heterocycles. The van der Waals surface area contributed by atoms with Gasteiger partial charge >= 0.3 is 0 Å². The summed E-state index contributed by atoms with van der Waals surface area (Å²) in [7, 11) is 1.58. The Bertz CT molecular complexity index is 378. The SMILES string of the molecule is CCC(CC)Oc1c(C#N)cccc1OC. The first-order valence-corrected chi connectivity index (χ1v) is 5.50. The Morgan fingerprint density at radius 2 is 2.00 bits per heavy atom. The molecule has 0 bridgehead atoms. The summed E-state index contributed by atoms with van der Waals surface area (Å²) in [6.45, 7) is 4.13. The van der Waals surface area contributed by atoms with Crippen molar-refractivity contribution in [2.75, 3.05) is 7.11 Å². The highest BCUT2D eigenvalue weighted by molar-refractivity contribution is 5.52. The van der Waals surface area contributed by atoms with Crippen LogP contribution in [-0.2, 0) is 0 Å². The molecule has 3 nitrogen and oxygen atoms in total. The van der Waals surface area contributed by atoms with Crippen molar-refractivity contribution in [3.8, 4) is 17.6 Å². The molecular weight excluding hydrogens is 202 g/mol. The smallest absolute Gasteiger partial charge is 0.179 e.